The summed E-state index contributed by atoms with van der Waals surface area (Å²) in [7, 11) is -3.79. The highest BCUT2D eigenvalue weighted by Crippen LogP contribution is 2.37. The van der Waals surface area contributed by atoms with Crippen molar-refractivity contribution >= 4 is 15.9 Å². The third-order valence-electron chi connectivity index (χ3n) is 3.10. The minimum Gasteiger partial charge on any atom is -0.350 e. The monoisotopic (exact) mass is 299 g/mol. The van der Waals surface area contributed by atoms with E-state index in [4.69, 9.17) is 5.14 Å². The summed E-state index contributed by atoms with van der Waals surface area (Å²) in [6.45, 7) is 6.57. The number of sulfonamides is 1. The molecule has 20 heavy (non-hydrogen) atoms. The average molecular weight is 299 g/mol. The second-order valence-corrected chi connectivity index (χ2v) is 8.05. The zero-order valence-electron chi connectivity index (χ0n) is 12.0. The van der Waals surface area contributed by atoms with E-state index in [-0.39, 0.29) is 22.3 Å². The Balaban J connectivity index is 2.26. The number of carbonyl (C=O) groups is 1. The second kappa shape index (κ2) is 4.89. The van der Waals surface area contributed by atoms with Crippen molar-refractivity contribution in [2.45, 2.75) is 44.6 Å². The Morgan fingerprint density at radius 3 is 2.50 bits per heavy atom. The lowest BCUT2D eigenvalue weighted by Gasteiger charge is -2.19. The standard InChI is InChI=1S/C13H21N3O3S/c1-13(2,3)8-15-12(17)11-6-10(20(14,18)19)7-16(11)9-4-5-9/h6-7,9H,4-5,8H2,1-3H3,(H,15,17)(H2,14,18,19). The maximum Gasteiger partial charge on any atom is 0.267 e. The van der Waals surface area contributed by atoms with E-state index in [1.807, 2.05) is 20.8 Å². The van der Waals surface area contributed by atoms with Gasteiger partial charge in [0.2, 0.25) is 10.0 Å². The van der Waals surface area contributed by atoms with Crippen LogP contribution < -0.4 is 10.5 Å². The molecule has 3 N–H and O–H groups in total. The number of nitrogens with zero attached hydrogens (tertiary/aromatic N) is 1. The number of hydrogen-bond acceptors (Lipinski definition) is 3. The van der Waals surface area contributed by atoms with Gasteiger partial charge in [0.15, 0.2) is 0 Å². The number of hydrogen-bond donors (Lipinski definition) is 2. The SMILES string of the molecule is CC(C)(C)CNC(=O)c1cc(S(N)(=O)=O)cn1C1CC1. The average Bonchev–Trinajstić information content (AvgIpc) is 3.02. The van der Waals surface area contributed by atoms with Gasteiger partial charge in [-0.1, -0.05) is 20.8 Å². The summed E-state index contributed by atoms with van der Waals surface area (Å²) in [5.41, 5.74) is 0.330. The number of aromatic nitrogens is 1. The molecular weight excluding hydrogens is 278 g/mol. The molecular formula is C13H21N3O3S. The Bertz CT molecular complexity index is 622. The minimum atomic E-state index is -3.79. The Morgan fingerprint density at radius 2 is 2.05 bits per heavy atom. The largest absolute Gasteiger partial charge is 0.350 e. The van der Waals surface area contributed by atoms with Crippen molar-refractivity contribution in [3.8, 4) is 0 Å². The second-order valence-electron chi connectivity index (χ2n) is 6.49. The van der Waals surface area contributed by atoms with Gasteiger partial charge in [-0.2, -0.15) is 0 Å². The normalized spacial score (nSPS) is 16.2. The molecule has 0 atom stereocenters. The molecule has 1 saturated carbocycles. The summed E-state index contributed by atoms with van der Waals surface area (Å²) in [6, 6.07) is 1.56. The van der Waals surface area contributed by atoms with Crippen LogP contribution in [0.1, 0.15) is 50.1 Å². The summed E-state index contributed by atoms with van der Waals surface area (Å²) in [4.78, 5) is 12.2. The summed E-state index contributed by atoms with van der Waals surface area (Å²) in [5.74, 6) is -0.262. The fourth-order valence-electron chi connectivity index (χ4n) is 1.88. The topological polar surface area (TPSA) is 94.2 Å². The van der Waals surface area contributed by atoms with E-state index in [1.165, 1.54) is 12.3 Å². The highest BCUT2D eigenvalue weighted by Gasteiger charge is 2.30. The minimum absolute atomic E-state index is 0.00897. The molecule has 0 aliphatic heterocycles. The van der Waals surface area contributed by atoms with Crippen molar-refractivity contribution in [1.29, 1.82) is 0 Å². The van der Waals surface area contributed by atoms with Gasteiger partial charge in [-0.15, -0.1) is 0 Å². The molecule has 7 heteroatoms. The molecule has 2 rings (SSSR count). The van der Waals surface area contributed by atoms with Gasteiger partial charge in [0.1, 0.15) is 10.6 Å². The van der Waals surface area contributed by atoms with Crippen LogP contribution in [0, 0.1) is 5.41 Å². The van der Waals surface area contributed by atoms with E-state index in [1.54, 1.807) is 4.57 Å². The van der Waals surface area contributed by atoms with Crippen LogP contribution in [0.2, 0.25) is 0 Å². The van der Waals surface area contributed by atoms with Crippen molar-refractivity contribution in [2.75, 3.05) is 6.54 Å². The molecule has 1 heterocycles. The van der Waals surface area contributed by atoms with Crippen molar-refractivity contribution < 1.29 is 13.2 Å². The molecule has 0 saturated heterocycles. The molecule has 1 aromatic heterocycles. The number of rotatable bonds is 4. The van der Waals surface area contributed by atoms with E-state index >= 15 is 0 Å². The lowest BCUT2D eigenvalue weighted by molar-refractivity contribution is 0.0929. The Morgan fingerprint density at radius 1 is 1.45 bits per heavy atom. The molecule has 0 radical (unpaired) electrons. The predicted molar refractivity (Wildman–Crippen MR) is 75.9 cm³/mol. The van der Waals surface area contributed by atoms with E-state index in [0.29, 0.717) is 12.2 Å². The number of amides is 1. The quantitative estimate of drug-likeness (QED) is 0.876. The zero-order chi connectivity index (χ0) is 15.1. The molecule has 0 bridgehead atoms. The first-order valence-electron chi connectivity index (χ1n) is 6.61. The number of carbonyl (C=O) groups excluding carboxylic acids is 1. The van der Waals surface area contributed by atoms with Crippen molar-refractivity contribution in [3.63, 3.8) is 0 Å². The van der Waals surface area contributed by atoms with E-state index in [2.05, 4.69) is 5.32 Å². The fourth-order valence-corrected chi connectivity index (χ4v) is 2.42. The predicted octanol–water partition coefficient (Wildman–Crippen LogP) is 1.25. The van der Waals surface area contributed by atoms with Crippen LogP contribution in [-0.4, -0.2) is 25.4 Å². The molecule has 1 aromatic rings. The third-order valence-corrected chi connectivity index (χ3v) is 3.98. The lowest BCUT2D eigenvalue weighted by Crippen LogP contribution is -2.33. The summed E-state index contributed by atoms with van der Waals surface area (Å²) < 4.78 is 24.5. The van der Waals surface area contributed by atoms with E-state index < -0.39 is 10.0 Å². The molecule has 1 fully saturated rings. The molecule has 0 spiro atoms. The van der Waals surface area contributed by atoms with Crippen molar-refractivity contribution in [1.82, 2.24) is 9.88 Å². The molecule has 0 aromatic carbocycles. The number of primary sulfonamides is 1. The van der Waals surface area contributed by atoms with Crippen LogP contribution in [0.3, 0.4) is 0 Å². The fraction of sp³-hybridized carbons (Fsp3) is 0.615. The van der Waals surface area contributed by atoms with Gasteiger partial charge in [0, 0.05) is 18.8 Å². The maximum atomic E-state index is 12.2. The van der Waals surface area contributed by atoms with Crippen LogP contribution in [-0.2, 0) is 10.0 Å². The van der Waals surface area contributed by atoms with Gasteiger partial charge in [-0.3, -0.25) is 4.79 Å². The summed E-state index contributed by atoms with van der Waals surface area (Å²) in [5, 5.41) is 7.96. The Labute approximate surface area is 119 Å². The van der Waals surface area contributed by atoms with Gasteiger partial charge >= 0.3 is 0 Å². The number of nitrogens with two attached hydrogens (primary N) is 1. The molecule has 112 valence electrons. The van der Waals surface area contributed by atoms with Gasteiger partial charge in [-0.25, -0.2) is 13.6 Å². The first-order chi connectivity index (χ1) is 9.08. The molecule has 6 nitrogen and oxygen atoms in total. The first kappa shape index (κ1) is 15.1. The van der Waals surface area contributed by atoms with E-state index in [0.717, 1.165) is 12.8 Å². The highest BCUT2D eigenvalue weighted by molar-refractivity contribution is 7.89. The molecule has 1 aliphatic rings. The third kappa shape index (κ3) is 3.61. The van der Waals surface area contributed by atoms with Crippen molar-refractivity contribution in [2.24, 2.45) is 10.6 Å². The van der Waals surface area contributed by atoms with Crippen LogP contribution in [0.4, 0.5) is 0 Å². The van der Waals surface area contributed by atoms with Crippen LogP contribution >= 0.6 is 0 Å². The molecule has 1 aliphatic carbocycles. The van der Waals surface area contributed by atoms with Gasteiger partial charge < -0.3 is 9.88 Å². The smallest absolute Gasteiger partial charge is 0.267 e. The van der Waals surface area contributed by atoms with Gasteiger partial charge in [0.05, 0.1) is 0 Å². The summed E-state index contributed by atoms with van der Waals surface area (Å²) >= 11 is 0. The first-order valence-corrected chi connectivity index (χ1v) is 8.15. The van der Waals surface area contributed by atoms with Crippen LogP contribution in [0.15, 0.2) is 17.2 Å². The maximum absolute atomic E-state index is 12.2. The lowest BCUT2D eigenvalue weighted by atomic mass is 9.97. The van der Waals surface area contributed by atoms with Crippen molar-refractivity contribution in [3.05, 3.63) is 18.0 Å². The molecule has 0 unspecified atom stereocenters. The highest BCUT2D eigenvalue weighted by atomic mass is 32.2. The summed E-state index contributed by atoms with van der Waals surface area (Å²) in [6.07, 6.45) is 3.37. The zero-order valence-corrected chi connectivity index (χ0v) is 12.8. The van der Waals surface area contributed by atoms with Crippen LogP contribution in [0.25, 0.3) is 0 Å². The van der Waals surface area contributed by atoms with Gasteiger partial charge in [-0.05, 0) is 24.3 Å². The number of nitrogens with one attached hydrogen (secondary N) is 1. The Kier molecular flexibility index (Phi) is 3.68. The van der Waals surface area contributed by atoms with Gasteiger partial charge in [0.25, 0.3) is 5.91 Å². The van der Waals surface area contributed by atoms with Crippen LogP contribution in [0.5, 0.6) is 0 Å². The van der Waals surface area contributed by atoms with E-state index in [9.17, 15) is 13.2 Å². The Hall–Kier alpha value is -1.34. The molecule has 1 amide bonds.